The number of aromatic nitrogens is 2. The molecule has 0 aliphatic heterocycles. The maximum atomic E-state index is 12.6. The summed E-state index contributed by atoms with van der Waals surface area (Å²) in [4.78, 5) is 32.3. The second-order valence-electron chi connectivity index (χ2n) is 8.33. The summed E-state index contributed by atoms with van der Waals surface area (Å²) >= 11 is 6.00. The Labute approximate surface area is 211 Å². The maximum Gasteiger partial charge on any atom is 0.249 e. The number of pyridine rings is 1. The van der Waals surface area contributed by atoms with Gasteiger partial charge in [0, 0.05) is 22.7 Å². The molecule has 0 aliphatic rings. The molecule has 8 heteroatoms. The Kier molecular flexibility index (Phi) is 6.14. The van der Waals surface area contributed by atoms with Crippen molar-refractivity contribution in [1.82, 2.24) is 9.97 Å². The molecule has 2 aromatic heterocycles. The van der Waals surface area contributed by atoms with Gasteiger partial charge in [-0.1, -0.05) is 60.1 Å². The lowest BCUT2D eigenvalue weighted by molar-refractivity contribution is -0.115. The lowest BCUT2D eigenvalue weighted by atomic mass is 10.0. The first-order chi connectivity index (χ1) is 17.4. The van der Waals surface area contributed by atoms with E-state index in [-0.39, 0.29) is 28.7 Å². The summed E-state index contributed by atoms with van der Waals surface area (Å²) in [5, 5.41) is 15.6. The van der Waals surface area contributed by atoms with Crippen molar-refractivity contribution in [2.24, 2.45) is 5.73 Å². The van der Waals surface area contributed by atoms with Gasteiger partial charge in [0.25, 0.3) is 0 Å². The van der Waals surface area contributed by atoms with Crippen molar-refractivity contribution < 1.29 is 14.7 Å². The van der Waals surface area contributed by atoms with Gasteiger partial charge in [0.2, 0.25) is 11.8 Å². The Morgan fingerprint density at radius 1 is 1.03 bits per heavy atom. The molecule has 0 aliphatic carbocycles. The Hall–Kier alpha value is -4.62. The zero-order valence-corrected chi connectivity index (χ0v) is 19.7. The molecule has 0 unspecified atom stereocenters. The summed E-state index contributed by atoms with van der Waals surface area (Å²) in [5.74, 6) is -0.498. The van der Waals surface area contributed by atoms with Gasteiger partial charge in [0.05, 0.1) is 11.4 Å². The summed E-state index contributed by atoms with van der Waals surface area (Å²) in [5.41, 5.74) is 8.44. The number of nitrogens with two attached hydrogens (primary N) is 1. The summed E-state index contributed by atoms with van der Waals surface area (Å²) in [7, 11) is 0. The van der Waals surface area contributed by atoms with E-state index in [0.717, 1.165) is 21.7 Å². The van der Waals surface area contributed by atoms with E-state index in [2.05, 4.69) is 15.3 Å². The number of hydrogen-bond donors (Lipinski definition) is 4. The minimum Gasteiger partial charge on any atom is -0.506 e. The normalized spacial score (nSPS) is 11.6. The van der Waals surface area contributed by atoms with Gasteiger partial charge in [-0.25, -0.2) is 4.98 Å². The van der Waals surface area contributed by atoms with Crippen molar-refractivity contribution in [2.75, 3.05) is 5.32 Å². The predicted octanol–water partition coefficient (Wildman–Crippen LogP) is 5.28. The van der Waals surface area contributed by atoms with Crippen LogP contribution in [0, 0.1) is 0 Å². The van der Waals surface area contributed by atoms with Crippen molar-refractivity contribution in [3.05, 3.63) is 101 Å². The number of nitrogens with one attached hydrogen (secondary N) is 2. The summed E-state index contributed by atoms with van der Waals surface area (Å²) in [6.45, 7) is 0. The molecule has 5 aromatic rings. The third-order valence-electron chi connectivity index (χ3n) is 5.84. The number of amides is 2. The number of primary amides is 1. The van der Waals surface area contributed by atoms with Gasteiger partial charge < -0.3 is 21.1 Å². The quantitative estimate of drug-likeness (QED) is 0.239. The van der Waals surface area contributed by atoms with E-state index in [1.165, 1.54) is 12.1 Å². The molecule has 0 spiro atoms. The highest BCUT2D eigenvalue weighted by Gasteiger charge is 2.14. The number of anilines is 1. The number of phenolic OH excluding ortho intramolecular Hbond substituents is 1. The van der Waals surface area contributed by atoms with E-state index in [0.29, 0.717) is 22.6 Å². The summed E-state index contributed by atoms with van der Waals surface area (Å²) in [6.07, 6.45) is 3.55. The molecule has 2 heterocycles. The topological polar surface area (TPSA) is 121 Å². The number of carbonyl (C=O) groups excluding carboxylic acids is 2. The van der Waals surface area contributed by atoms with Crippen LogP contribution in [0.2, 0.25) is 5.02 Å². The van der Waals surface area contributed by atoms with E-state index in [4.69, 9.17) is 17.3 Å². The van der Waals surface area contributed by atoms with Crippen LogP contribution in [0.15, 0.2) is 79.0 Å². The highest BCUT2D eigenvalue weighted by Crippen LogP contribution is 2.29. The molecule has 0 radical (unpaired) electrons. The minimum absolute atomic E-state index is 0.0873. The third-order valence-corrected chi connectivity index (χ3v) is 6.14. The largest absolute Gasteiger partial charge is 0.506 e. The highest BCUT2D eigenvalue weighted by molar-refractivity contribution is 6.33. The molecule has 3 aromatic carbocycles. The molecule has 2 amide bonds. The number of aromatic amines is 1. The summed E-state index contributed by atoms with van der Waals surface area (Å²) < 4.78 is 0. The molecule has 0 atom stereocenters. The maximum absolute atomic E-state index is 12.6. The van der Waals surface area contributed by atoms with Gasteiger partial charge in [0.15, 0.2) is 0 Å². The number of fused-ring (bicyclic) bond motifs is 2. The minimum atomic E-state index is -0.642. The monoisotopic (exact) mass is 496 g/mol. The van der Waals surface area contributed by atoms with Crippen molar-refractivity contribution in [2.45, 2.75) is 6.42 Å². The second kappa shape index (κ2) is 9.56. The fourth-order valence-corrected chi connectivity index (χ4v) is 4.24. The van der Waals surface area contributed by atoms with Crippen LogP contribution in [0.1, 0.15) is 16.7 Å². The van der Waals surface area contributed by atoms with Crippen LogP contribution in [-0.4, -0.2) is 26.9 Å². The molecule has 36 heavy (non-hydrogen) atoms. The Morgan fingerprint density at radius 3 is 2.61 bits per heavy atom. The standard InChI is InChI=1S/C28H21ClN4O3/c29-23-14-19(7-9-24(23)34)22(27(30)36)13-20-15-31-28-21(20)8-10-25(33-28)32-26(35)12-16-5-6-17-3-1-2-4-18(17)11-16/h1-11,13-15,34H,12H2,(H2,30,36)(H2,31,32,33,35)/b22-13-. The Balaban J connectivity index is 1.36. The van der Waals surface area contributed by atoms with E-state index in [1.807, 2.05) is 42.5 Å². The first-order valence-corrected chi connectivity index (χ1v) is 11.5. The molecule has 5 rings (SSSR count). The van der Waals surface area contributed by atoms with Crippen molar-refractivity contribution in [3.8, 4) is 5.75 Å². The van der Waals surface area contributed by atoms with Crippen LogP contribution in [0.3, 0.4) is 0 Å². The lowest BCUT2D eigenvalue weighted by Crippen LogP contribution is -2.15. The Bertz CT molecular complexity index is 1670. The zero-order valence-electron chi connectivity index (χ0n) is 19.0. The second-order valence-corrected chi connectivity index (χ2v) is 8.74. The molecular formula is C28H21ClN4O3. The first-order valence-electron chi connectivity index (χ1n) is 11.1. The lowest BCUT2D eigenvalue weighted by Gasteiger charge is -2.07. The smallest absolute Gasteiger partial charge is 0.249 e. The van der Waals surface area contributed by atoms with Gasteiger partial charge in [-0.3, -0.25) is 9.59 Å². The average Bonchev–Trinajstić information content (AvgIpc) is 3.26. The summed E-state index contributed by atoms with van der Waals surface area (Å²) in [6, 6.07) is 21.9. The molecule has 0 saturated heterocycles. The van der Waals surface area contributed by atoms with Crippen molar-refractivity contribution >= 4 is 62.7 Å². The van der Waals surface area contributed by atoms with Crippen LogP contribution >= 0.6 is 11.6 Å². The molecule has 178 valence electrons. The molecule has 0 fully saturated rings. The van der Waals surface area contributed by atoms with Crippen LogP contribution in [0.5, 0.6) is 5.75 Å². The van der Waals surface area contributed by atoms with Gasteiger partial charge >= 0.3 is 0 Å². The van der Waals surface area contributed by atoms with Gasteiger partial charge in [-0.2, -0.15) is 0 Å². The van der Waals surface area contributed by atoms with E-state index < -0.39 is 5.91 Å². The van der Waals surface area contributed by atoms with Gasteiger partial charge in [-0.15, -0.1) is 0 Å². The highest BCUT2D eigenvalue weighted by atomic mass is 35.5. The fourth-order valence-electron chi connectivity index (χ4n) is 4.06. The fraction of sp³-hybridized carbons (Fsp3) is 0.0357. The van der Waals surface area contributed by atoms with Gasteiger partial charge in [-0.05, 0) is 52.2 Å². The van der Waals surface area contributed by atoms with Crippen LogP contribution in [0.4, 0.5) is 5.82 Å². The van der Waals surface area contributed by atoms with E-state index in [1.54, 1.807) is 30.5 Å². The van der Waals surface area contributed by atoms with Crippen LogP contribution < -0.4 is 11.1 Å². The predicted molar refractivity (Wildman–Crippen MR) is 143 cm³/mol. The molecule has 5 N–H and O–H groups in total. The molecule has 7 nitrogen and oxygen atoms in total. The Morgan fingerprint density at radius 2 is 1.83 bits per heavy atom. The molecule has 0 bridgehead atoms. The number of H-pyrrole nitrogens is 1. The van der Waals surface area contributed by atoms with E-state index >= 15 is 0 Å². The van der Waals surface area contributed by atoms with Crippen molar-refractivity contribution in [3.63, 3.8) is 0 Å². The van der Waals surface area contributed by atoms with Crippen molar-refractivity contribution in [1.29, 1.82) is 0 Å². The number of carbonyl (C=O) groups is 2. The SMILES string of the molecule is NC(=O)/C(=C\c1c[nH]c2nc(NC(=O)Cc3ccc4ccccc4c3)ccc12)c1ccc(O)c(Cl)c1. The number of aromatic hydroxyl groups is 1. The number of rotatable bonds is 6. The first kappa shape index (κ1) is 23.1. The molecular weight excluding hydrogens is 476 g/mol. The van der Waals surface area contributed by atoms with Crippen LogP contribution in [0.25, 0.3) is 33.5 Å². The van der Waals surface area contributed by atoms with E-state index in [9.17, 15) is 14.7 Å². The molecule has 0 saturated carbocycles. The number of benzene rings is 3. The zero-order chi connectivity index (χ0) is 25.2. The average molecular weight is 497 g/mol. The number of nitrogens with zero attached hydrogens (tertiary/aromatic N) is 1. The third kappa shape index (κ3) is 4.78. The number of halogens is 1. The number of phenols is 1. The van der Waals surface area contributed by atoms with Gasteiger partial charge in [0.1, 0.15) is 17.2 Å². The number of hydrogen-bond acceptors (Lipinski definition) is 4. The van der Waals surface area contributed by atoms with Crippen LogP contribution in [-0.2, 0) is 16.0 Å².